The molecule has 0 spiro atoms. The summed E-state index contributed by atoms with van der Waals surface area (Å²) in [7, 11) is 1.78. The standard InChI is InChI=1S/C22H29N5O/c1-16-8-6-9-18(14-16)28-17(2)15-25-22(23-3)24-13-7-12-21-26-19-10-4-5-11-20(19)27-21/h4-6,8-11,14,17H,7,12-13,15H2,1-3H3,(H,26,27)(H2,23,24,25). The number of hydrogen-bond donors (Lipinski definition) is 3. The molecule has 2 aromatic carbocycles. The first kappa shape index (κ1) is 19.7. The Balaban J connectivity index is 1.37. The summed E-state index contributed by atoms with van der Waals surface area (Å²) < 4.78 is 5.94. The molecule has 0 amide bonds. The number of fused-ring (bicyclic) bond motifs is 1. The average molecular weight is 380 g/mol. The topological polar surface area (TPSA) is 74.3 Å². The normalized spacial score (nSPS) is 12.8. The van der Waals surface area contributed by atoms with Crippen molar-refractivity contribution < 1.29 is 4.74 Å². The molecule has 3 N–H and O–H groups in total. The van der Waals surface area contributed by atoms with E-state index in [1.54, 1.807) is 7.05 Å². The number of imidazole rings is 1. The van der Waals surface area contributed by atoms with Gasteiger partial charge in [0.2, 0.25) is 0 Å². The smallest absolute Gasteiger partial charge is 0.191 e. The molecule has 3 aromatic rings. The minimum absolute atomic E-state index is 0.0379. The molecular weight excluding hydrogens is 350 g/mol. The van der Waals surface area contributed by atoms with Crippen LogP contribution in [0.2, 0.25) is 0 Å². The molecule has 1 heterocycles. The Morgan fingerprint density at radius 1 is 1.18 bits per heavy atom. The van der Waals surface area contributed by atoms with Gasteiger partial charge in [0, 0.05) is 20.0 Å². The third-order valence-corrected chi connectivity index (χ3v) is 4.43. The maximum absolute atomic E-state index is 5.94. The highest BCUT2D eigenvalue weighted by molar-refractivity contribution is 5.79. The van der Waals surface area contributed by atoms with Crippen molar-refractivity contribution in [2.24, 2.45) is 4.99 Å². The van der Waals surface area contributed by atoms with Gasteiger partial charge >= 0.3 is 0 Å². The van der Waals surface area contributed by atoms with E-state index in [0.29, 0.717) is 6.54 Å². The lowest BCUT2D eigenvalue weighted by Gasteiger charge is -2.18. The number of aryl methyl sites for hydroxylation is 2. The van der Waals surface area contributed by atoms with Gasteiger partial charge in [-0.2, -0.15) is 0 Å². The number of guanidine groups is 1. The van der Waals surface area contributed by atoms with E-state index in [0.717, 1.165) is 48.0 Å². The van der Waals surface area contributed by atoms with Gasteiger partial charge in [0.1, 0.15) is 17.7 Å². The van der Waals surface area contributed by atoms with Crippen LogP contribution in [0.5, 0.6) is 5.75 Å². The largest absolute Gasteiger partial charge is 0.489 e. The molecule has 0 aliphatic heterocycles. The molecular formula is C22H29N5O. The van der Waals surface area contributed by atoms with Crippen LogP contribution in [0.1, 0.15) is 24.7 Å². The van der Waals surface area contributed by atoms with Gasteiger partial charge < -0.3 is 20.4 Å². The fourth-order valence-corrected chi connectivity index (χ4v) is 3.01. The van der Waals surface area contributed by atoms with Crippen LogP contribution in [0.3, 0.4) is 0 Å². The molecule has 6 heteroatoms. The molecule has 3 rings (SSSR count). The molecule has 1 atom stereocenters. The molecule has 0 bridgehead atoms. The molecule has 0 radical (unpaired) electrons. The van der Waals surface area contributed by atoms with Crippen molar-refractivity contribution in [2.45, 2.75) is 32.8 Å². The predicted molar refractivity (Wildman–Crippen MR) is 115 cm³/mol. The van der Waals surface area contributed by atoms with Crippen molar-refractivity contribution >= 4 is 17.0 Å². The van der Waals surface area contributed by atoms with Crippen molar-refractivity contribution in [1.29, 1.82) is 0 Å². The van der Waals surface area contributed by atoms with Gasteiger partial charge in [-0.15, -0.1) is 0 Å². The molecule has 28 heavy (non-hydrogen) atoms. The van der Waals surface area contributed by atoms with E-state index in [2.05, 4.69) is 44.7 Å². The number of aliphatic imine (C=N–C) groups is 1. The number of para-hydroxylation sites is 2. The van der Waals surface area contributed by atoms with Gasteiger partial charge in [-0.05, 0) is 50.1 Å². The second-order valence-corrected chi connectivity index (χ2v) is 6.93. The molecule has 6 nitrogen and oxygen atoms in total. The minimum Gasteiger partial charge on any atom is -0.489 e. The van der Waals surface area contributed by atoms with Crippen molar-refractivity contribution in [1.82, 2.24) is 20.6 Å². The van der Waals surface area contributed by atoms with Crippen LogP contribution < -0.4 is 15.4 Å². The van der Waals surface area contributed by atoms with Crippen LogP contribution in [-0.4, -0.2) is 42.2 Å². The third kappa shape index (κ3) is 5.74. The lowest BCUT2D eigenvalue weighted by Crippen LogP contribution is -2.42. The fourth-order valence-electron chi connectivity index (χ4n) is 3.01. The van der Waals surface area contributed by atoms with E-state index in [9.17, 15) is 0 Å². The van der Waals surface area contributed by atoms with Crippen LogP contribution in [0.4, 0.5) is 0 Å². The van der Waals surface area contributed by atoms with Gasteiger partial charge in [-0.25, -0.2) is 4.98 Å². The van der Waals surface area contributed by atoms with E-state index >= 15 is 0 Å². The Morgan fingerprint density at radius 3 is 2.82 bits per heavy atom. The van der Waals surface area contributed by atoms with Gasteiger partial charge in [0.15, 0.2) is 5.96 Å². The molecule has 0 saturated heterocycles. The molecule has 0 aliphatic carbocycles. The monoisotopic (exact) mass is 379 g/mol. The zero-order valence-electron chi connectivity index (χ0n) is 16.8. The SMILES string of the molecule is CN=C(NCCCc1nc2ccccc2[nH]1)NCC(C)Oc1cccc(C)c1. The molecule has 0 fully saturated rings. The van der Waals surface area contributed by atoms with Crippen LogP contribution in [0.15, 0.2) is 53.5 Å². The highest BCUT2D eigenvalue weighted by Gasteiger charge is 2.06. The molecule has 148 valence electrons. The van der Waals surface area contributed by atoms with Crippen molar-refractivity contribution in [3.63, 3.8) is 0 Å². The zero-order chi connectivity index (χ0) is 19.8. The van der Waals surface area contributed by atoms with Gasteiger partial charge in [0.05, 0.1) is 17.6 Å². The Kier molecular flexibility index (Phi) is 6.89. The first-order valence-electron chi connectivity index (χ1n) is 9.75. The van der Waals surface area contributed by atoms with Crippen LogP contribution in [-0.2, 0) is 6.42 Å². The Bertz CT molecular complexity index is 885. The number of benzene rings is 2. The number of H-pyrrole nitrogens is 1. The predicted octanol–water partition coefficient (Wildman–Crippen LogP) is 3.44. The number of ether oxygens (including phenoxy) is 1. The number of nitrogens with zero attached hydrogens (tertiary/aromatic N) is 2. The summed E-state index contributed by atoms with van der Waals surface area (Å²) in [5.74, 6) is 2.69. The van der Waals surface area contributed by atoms with Gasteiger partial charge in [-0.3, -0.25) is 4.99 Å². The highest BCUT2D eigenvalue weighted by atomic mass is 16.5. The first-order chi connectivity index (χ1) is 13.6. The van der Waals surface area contributed by atoms with Crippen molar-refractivity contribution in [2.75, 3.05) is 20.1 Å². The first-order valence-corrected chi connectivity index (χ1v) is 9.75. The van der Waals surface area contributed by atoms with Gasteiger partial charge in [-0.1, -0.05) is 24.3 Å². The quantitative estimate of drug-likeness (QED) is 0.318. The van der Waals surface area contributed by atoms with Crippen LogP contribution in [0.25, 0.3) is 11.0 Å². The minimum atomic E-state index is 0.0379. The summed E-state index contributed by atoms with van der Waals surface area (Å²) in [5.41, 5.74) is 3.30. The van der Waals surface area contributed by atoms with Crippen LogP contribution in [0, 0.1) is 6.92 Å². The fraction of sp³-hybridized carbons (Fsp3) is 0.364. The lowest BCUT2D eigenvalue weighted by molar-refractivity contribution is 0.223. The lowest BCUT2D eigenvalue weighted by atomic mass is 10.2. The Morgan fingerprint density at radius 2 is 2.04 bits per heavy atom. The van der Waals surface area contributed by atoms with Gasteiger partial charge in [0.25, 0.3) is 0 Å². The number of nitrogens with one attached hydrogen (secondary N) is 3. The third-order valence-electron chi connectivity index (χ3n) is 4.43. The number of hydrogen-bond acceptors (Lipinski definition) is 3. The maximum atomic E-state index is 5.94. The summed E-state index contributed by atoms with van der Waals surface area (Å²) in [6, 6.07) is 16.2. The molecule has 1 unspecified atom stereocenters. The number of rotatable bonds is 8. The Hall–Kier alpha value is -3.02. The summed E-state index contributed by atoms with van der Waals surface area (Å²) in [4.78, 5) is 12.2. The second kappa shape index (κ2) is 9.78. The molecule has 1 aromatic heterocycles. The number of aromatic nitrogens is 2. The van der Waals surface area contributed by atoms with Crippen LogP contribution >= 0.6 is 0 Å². The van der Waals surface area contributed by atoms with E-state index in [1.165, 1.54) is 5.56 Å². The Labute approximate surface area is 166 Å². The zero-order valence-corrected chi connectivity index (χ0v) is 16.8. The highest BCUT2D eigenvalue weighted by Crippen LogP contribution is 2.14. The van der Waals surface area contributed by atoms with E-state index in [-0.39, 0.29) is 6.10 Å². The van der Waals surface area contributed by atoms with Crippen molar-refractivity contribution in [3.8, 4) is 5.75 Å². The second-order valence-electron chi connectivity index (χ2n) is 6.93. The van der Waals surface area contributed by atoms with Crippen molar-refractivity contribution in [3.05, 3.63) is 59.9 Å². The summed E-state index contributed by atoms with van der Waals surface area (Å²) in [5, 5.41) is 6.66. The van der Waals surface area contributed by atoms with E-state index < -0.39 is 0 Å². The summed E-state index contributed by atoms with van der Waals surface area (Å²) in [6.45, 7) is 5.61. The number of aromatic amines is 1. The average Bonchev–Trinajstić information content (AvgIpc) is 3.10. The maximum Gasteiger partial charge on any atom is 0.191 e. The molecule has 0 saturated carbocycles. The summed E-state index contributed by atoms with van der Waals surface area (Å²) in [6.07, 6.45) is 1.90. The molecule has 0 aliphatic rings. The van der Waals surface area contributed by atoms with E-state index in [1.807, 2.05) is 43.3 Å². The van der Waals surface area contributed by atoms with E-state index in [4.69, 9.17) is 4.74 Å². The summed E-state index contributed by atoms with van der Waals surface area (Å²) >= 11 is 0.